The third-order valence-electron chi connectivity index (χ3n) is 4.64. The van der Waals surface area contributed by atoms with E-state index in [4.69, 9.17) is 4.74 Å². The van der Waals surface area contributed by atoms with Crippen LogP contribution >= 0.6 is 0 Å². The lowest BCUT2D eigenvalue weighted by molar-refractivity contribution is 0.125. The van der Waals surface area contributed by atoms with E-state index < -0.39 is 0 Å². The highest BCUT2D eigenvalue weighted by Gasteiger charge is 1.96. The third-order valence-corrected chi connectivity index (χ3v) is 4.64. The third kappa shape index (κ3) is 22.0. The van der Waals surface area contributed by atoms with Crippen molar-refractivity contribution in [1.82, 2.24) is 0 Å². The summed E-state index contributed by atoms with van der Waals surface area (Å²) >= 11 is 0. The van der Waals surface area contributed by atoms with E-state index >= 15 is 0 Å². The van der Waals surface area contributed by atoms with Crippen LogP contribution in [-0.4, -0.2) is 13.2 Å². The summed E-state index contributed by atoms with van der Waals surface area (Å²) < 4.78 is 5.75. The SMILES string of the molecule is CC(C)CCCCCCCCOCCCCCCCCC(C)C. The van der Waals surface area contributed by atoms with Crippen LogP contribution in [0, 0.1) is 11.8 Å². The molecular weight excluding hydrogens is 280 g/mol. The van der Waals surface area contributed by atoms with E-state index in [-0.39, 0.29) is 0 Å². The topological polar surface area (TPSA) is 9.23 Å². The van der Waals surface area contributed by atoms with Crippen LogP contribution in [0.3, 0.4) is 0 Å². The average Bonchev–Trinajstić information content (AvgIpc) is 2.49. The minimum absolute atomic E-state index is 0.878. The molecule has 0 aromatic rings. The predicted molar refractivity (Wildman–Crippen MR) is 105 cm³/mol. The van der Waals surface area contributed by atoms with E-state index in [2.05, 4.69) is 27.7 Å². The van der Waals surface area contributed by atoms with Gasteiger partial charge in [0, 0.05) is 13.2 Å². The van der Waals surface area contributed by atoms with Gasteiger partial charge in [0.1, 0.15) is 0 Å². The predicted octanol–water partition coefficient (Wildman–Crippen LogP) is 7.78. The van der Waals surface area contributed by atoms with Gasteiger partial charge in [0.2, 0.25) is 0 Å². The normalized spacial score (nSPS) is 11.7. The van der Waals surface area contributed by atoms with Crippen molar-refractivity contribution >= 4 is 0 Å². The van der Waals surface area contributed by atoms with Crippen molar-refractivity contribution in [2.24, 2.45) is 11.8 Å². The van der Waals surface area contributed by atoms with Crippen LogP contribution in [0.2, 0.25) is 0 Å². The fourth-order valence-corrected chi connectivity index (χ4v) is 3.03. The van der Waals surface area contributed by atoms with Gasteiger partial charge in [0.15, 0.2) is 0 Å². The number of hydrogen-bond acceptors (Lipinski definition) is 1. The Labute approximate surface area is 148 Å². The van der Waals surface area contributed by atoms with Crippen molar-refractivity contribution in [2.75, 3.05) is 13.2 Å². The van der Waals surface area contributed by atoms with E-state index in [9.17, 15) is 0 Å². The minimum atomic E-state index is 0.878. The molecular formula is C22H46O. The molecule has 140 valence electrons. The highest BCUT2D eigenvalue weighted by molar-refractivity contribution is 4.50. The Morgan fingerprint density at radius 3 is 1.09 bits per heavy atom. The van der Waals surface area contributed by atoms with Crippen molar-refractivity contribution in [3.05, 3.63) is 0 Å². The molecule has 0 N–H and O–H groups in total. The highest BCUT2D eigenvalue weighted by atomic mass is 16.5. The van der Waals surface area contributed by atoms with Crippen LogP contribution in [0.5, 0.6) is 0 Å². The van der Waals surface area contributed by atoms with Gasteiger partial charge in [0.25, 0.3) is 0 Å². The van der Waals surface area contributed by atoms with Crippen LogP contribution in [-0.2, 0) is 4.74 Å². The van der Waals surface area contributed by atoms with E-state index in [1.165, 1.54) is 89.9 Å². The lowest BCUT2D eigenvalue weighted by Gasteiger charge is -2.06. The smallest absolute Gasteiger partial charge is 0.0466 e. The standard InChI is InChI=1S/C22H46O/c1-21(2)17-13-9-5-7-11-15-19-23-20-16-12-8-6-10-14-18-22(3)4/h21-22H,5-20H2,1-4H3. The van der Waals surface area contributed by atoms with E-state index in [0.29, 0.717) is 0 Å². The maximum atomic E-state index is 5.75. The van der Waals surface area contributed by atoms with Crippen LogP contribution in [0.15, 0.2) is 0 Å². The van der Waals surface area contributed by atoms with E-state index in [0.717, 1.165) is 25.0 Å². The molecule has 0 aromatic heterocycles. The number of ether oxygens (including phenoxy) is 1. The highest BCUT2D eigenvalue weighted by Crippen LogP contribution is 2.12. The second-order valence-electron chi connectivity index (χ2n) is 8.22. The molecule has 0 atom stereocenters. The average molecular weight is 327 g/mol. The summed E-state index contributed by atoms with van der Waals surface area (Å²) in [4.78, 5) is 0. The molecule has 0 amide bonds. The maximum absolute atomic E-state index is 5.75. The summed E-state index contributed by atoms with van der Waals surface area (Å²) in [6.45, 7) is 11.3. The lowest BCUT2D eigenvalue weighted by atomic mass is 10.0. The second kappa shape index (κ2) is 18.3. The summed E-state index contributed by atoms with van der Waals surface area (Å²) in [5.41, 5.74) is 0. The van der Waals surface area contributed by atoms with Crippen molar-refractivity contribution in [2.45, 2.75) is 118 Å². The molecule has 0 heterocycles. The zero-order valence-corrected chi connectivity index (χ0v) is 16.9. The zero-order chi connectivity index (χ0) is 17.2. The summed E-state index contributed by atoms with van der Waals surface area (Å²) in [5, 5.41) is 0. The first-order valence-corrected chi connectivity index (χ1v) is 10.7. The number of unbranched alkanes of at least 4 members (excludes halogenated alkanes) is 10. The Hall–Kier alpha value is -0.0400. The molecule has 0 saturated heterocycles. The Morgan fingerprint density at radius 2 is 0.739 bits per heavy atom. The fourth-order valence-electron chi connectivity index (χ4n) is 3.03. The van der Waals surface area contributed by atoms with Crippen LogP contribution < -0.4 is 0 Å². The van der Waals surface area contributed by atoms with Crippen molar-refractivity contribution in [3.8, 4) is 0 Å². The van der Waals surface area contributed by atoms with Crippen molar-refractivity contribution < 1.29 is 4.74 Å². The summed E-state index contributed by atoms with van der Waals surface area (Å²) in [6, 6.07) is 0. The monoisotopic (exact) mass is 326 g/mol. The van der Waals surface area contributed by atoms with Gasteiger partial charge in [-0.05, 0) is 24.7 Å². The molecule has 1 heteroatoms. The largest absolute Gasteiger partial charge is 0.381 e. The minimum Gasteiger partial charge on any atom is -0.381 e. The van der Waals surface area contributed by atoms with Crippen molar-refractivity contribution in [1.29, 1.82) is 0 Å². The van der Waals surface area contributed by atoms with Gasteiger partial charge >= 0.3 is 0 Å². The molecule has 0 aliphatic heterocycles. The van der Waals surface area contributed by atoms with Gasteiger partial charge in [0.05, 0.1) is 0 Å². The first-order valence-electron chi connectivity index (χ1n) is 10.7. The molecule has 0 fully saturated rings. The molecule has 0 aliphatic rings. The lowest BCUT2D eigenvalue weighted by Crippen LogP contribution is -1.97. The quantitative estimate of drug-likeness (QED) is 0.234. The molecule has 0 bridgehead atoms. The number of hydrogen-bond donors (Lipinski definition) is 0. The molecule has 1 nitrogen and oxygen atoms in total. The van der Waals surface area contributed by atoms with Crippen LogP contribution in [0.25, 0.3) is 0 Å². The fraction of sp³-hybridized carbons (Fsp3) is 1.00. The number of rotatable bonds is 18. The molecule has 0 unspecified atom stereocenters. The Bertz CT molecular complexity index is 188. The first kappa shape index (κ1) is 23.0. The van der Waals surface area contributed by atoms with Gasteiger partial charge in [-0.3, -0.25) is 0 Å². The summed E-state index contributed by atoms with van der Waals surface area (Å²) in [5.74, 6) is 1.76. The van der Waals surface area contributed by atoms with Gasteiger partial charge in [-0.15, -0.1) is 0 Å². The van der Waals surface area contributed by atoms with Crippen molar-refractivity contribution in [3.63, 3.8) is 0 Å². The van der Waals surface area contributed by atoms with Gasteiger partial charge in [-0.2, -0.15) is 0 Å². The summed E-state index contributed by atoms with van der Waals surface area (Å²) in [7, 11) is 0. The summed E-state index contributed by atoms with van der Waals surface area (Å²) in [6.07, 6.45) is 19.4. The molecule has 0 radical (unpaired) electrons. The van der Waals surface area contributed by atoms with Gasteiger partial charge < -0.3 is 4.74 Å². The Kier molecular flexibility index (Phi) is 18.3. The molecule has 0 aliphatic carbocycles. The molecule has 0 saturated carbocycles. The first-order chi connectivity index (χ1) is 11.1. The molecule has 0 aromatic carbocycles. The second-order valence-corrected chi connectivity index (χ2v) is 8.22. The molecule has 0 rings (SSSR count). The van der Waals surface area contributed by atoms with E-state index in [1.54, 1.807) is 0 Å². The Morgan fingerprint density at radius 1 is 0.435 bits per heavy atom. The van der Waals surface area contributed by atoms with E-state index in [1.807, 2.05) is 0 Å². The Balaban J connectivity index is 2.97. The van der Waals surface area contributed by atoms with Gasteiger partial charge in [-0.1, -0.05) is 105 Å². The molecule has 23 heavy (non-hydrogen) atoms. The van der Waals surface area contributed by atoms with Crippen LogP contribution in [0.1, 0.15) is 118 Å². The molecule has 0 spiro atoms. The van der Waals surface area contributed by atoms with Crippen LogP contribution in [0.4, 0.5) is 0 Å². The van der Waals surface area contributed by atoms with Gasteiger partial charge in [-0.25, -0.2) is 0 Å². The maximum Gasteiger partial charge on any atom is 0.0466 e. The zero-order valence-electron chi connectivity index (χ0n) is 16.9.